The molecule has 1 amide bonds. The molecule has 0 radical (unpaired) electrons. The Morgan fingerprint density at radius 3 is 2.83 bits per heavy atom. The molecule has 2 aliphatic rings. The predicted molar refractivity (Wildman–Crippen MR) is 90.7 cm³/mol. The highest BCUT2D eigenvalue weighted by atomic mass is 16.3. The molecule has 124 valence electrons. The van der Waals surface area contributed by atoms with E-state index in [0.717, 1.165) is 50.8 Å². The van der Waals surface area contributed by atoms with Crippen LogP contribution in [0.5, 0.6) is 0 Å². The molecule has 1 heterocycles. The predicted octanol–water partition coefficient (Wildman–Crippen LogP) is 2.37. The maximum atomic E-state index is 12.1. The maximum absolute atomic E-state index is 12.1. The second kappa shape index (κ2) is 7.75. The Balaban J connectivity index is 1.62. The largest absolute Gasteiger partial charge is 0.395 e. The highest BCUT2D eigenvalue weighted by molar-refractivity contribution is 5.93. The molecule has 1 aromatic rings. The van der Waals surface area contributed by atoms with Gasteiger partial charge in [0.15, 0.2) is 0 Å². The third kappa shape index (κ3) is 4.01. The number of hydrogen-bond donors (Lipinski definition) is 2. The summed E-state index contributed by atoms with van der Waals surface area (Å²) >= 11 is 0. The van der Waals surface area contributed by atoms with Crippen molar-refractivity contribution in [1.29, 1.82) is 0 Å². The van der Waals surface area contributed by atoms with Crippen molar-refractivity contribution in [3.8, 4) is 0 Å². The van der Waals surface area contributed by atoms with Crippen LogP contribution in [0.2, 0.25) is 0 Å². The molecule has 1 atom stereocenters. The Bertz CT molecular complexity index is 582. The summed E-state index contributed by atoms with van der Waals surface area (Å²) in [7, 11) is 0. The third-order valence-electron chi connectivity index (χ3n) is 4.97. The number of amides is 1. The zero-order valence-corrected chi connectivity index (χ0v) is 13.6. The molecule has 1 aliphatic heterocycles. The number of likely N-dealkylation sites (tertiary alicyclic amines) is 1. The summed E-state index contributed by atoms with van der Waals surface area (Å²) in [5.41, 5.74) is 3.35. The summed E-state index contributed by atoms with van der Waals surface area (Å²) in [6.07, 6.45) is 7.30. The molecule has 1 fully saturated rings. The minimum Gasteiger partial charge on any atom is -0.395 e. The number of benzene rings is 1. The van der Waals surface area contributed by atoms with Crippen LogP contribution in [0.4, 0.5) is 0 Å². The summed E-state index contributed by atoms with van der Waals surface area (Å²) in [6.45, 7) is 2.69. The van der Waals surface area contributed by atoms with E-state index in [-0.39, 0.29) is 18.6 Å². The first-order valence-electron chi connectivity index (χ1n) is 8.67. The van der Waals surface area contributed by atoms with Crippen molar-refractivity contribution in [2.75, 3.05) is 13.2 Å². The van der Waals surface area contributed by atoms with Crippen molar-refractivity contribution in [3.63, 3.8) is 0 Å². The number of nitrogens with zero attached hydrogens (tertiary/aromatic N) is 1. The lowest BCUT2D eigenvalue weighted by Crippen LogP contribution is -2.32. The molecule has 4 heteroatoms. The Kier molecular flexibility index (Phi) is 5.47. The van der Waals surface area contributed by atoms with Gasteiger partial charge in [0.1, 0.15) is 0 Å². The topological polar surface area (TPSA) is 52.6 Å². The smallest absolute Gasteiger partial charge is 0.247 e. The number of aliphatic hydroxyl groups excluding tert-OH is 1. The van der Waals surface area contributed by atoms with E-state index >= 15 is 0 Å². The fourth-order valence-corrected chi connectivity index (χ4v) is 3.58. The lowest BCUT2D eigenvalue weighted by atomic mass is 10.1. The minimum atomic E-state index is 0.0757. The van der Waals surface area contributed by atoms with E-state index in [4.69, 9.17) is 0 Å². The molecule has 0 aromatic heterocycles. The fourth-order valence-electron chi connectivity index (χ4n) is 3.58. The second-order valence-corrected chi connectivity index (χ2v) is 6.52. The maximum Gasteiger partial charge on any atom is 0.247 e. The van der Waals surface area contributed by atoms with Crippen LogP contribution < -0.4 is 5.32 Å². The number of aliphatic hydroxyl groups is 1. The molecule has 0 unspecified atom stereocenters. The molecule has 1 aliphatic carbocycles. The van der Waals surface area contributed by atoms with Gasteiger partial charge < -0.3 is 10.4 Å². The molecule has 0 saturated carbocycles. The highest BCUT2D eigenvalue weighted by Gasteiger charge is 2.24. The van der Waals surface area contributed by atoms with Gasteiger partial charge in [-0.2, -0.15) is 0 Å². The number of allylic oxidation sites excluding steroid dienone is 1. The van der Waals surface area contributed by atoms with Gasteiger partial charge in [-0.3, -0.25) is 9.69 Å². The average molecular weight is 314 g/mol. The van der Waals surface area contributed by atoms with Crippen molar-refractivity contribution in [2.45, 2.75) is 51.2 Å². The Labute approximate surface area is 138 Å². The summed E-state index contributed by atoms with van der Waals surface area (Å²) < 4.78 is 0. The van der Waals surface area contributed by atoms with Gasteiger partial charge in [0.25, 0.3) is 0 Å². The Morgan fingerprint density at radius 1 is 1.26 bits per heavy atom. The second-order valence-electron chi connectivity index (χ2n) is 6.52. The van der Waals surface area contributed by atoms with E-state index < -0.39 is 0 Å². The van der Waals surface area contributed by atoms with E-state index in [1.165, 1.54) is 11.1 Å². The van der Waals surface area contributed by atoms with Crippen molar-refractivity contribution >= 4 is 5.91 Å². The van der Waals surface area contributed by atoms with E-state index in [9.17, 15) is 9.90 Å². The molecule has 0 bridgehead atoms. The van der Waals surface area contributed by atoms with Crippen LogP contribution in [0.3, 0.4) is 0 Å². The first-order chi connectivity index (χ1) is 11.3. The standard InChI is InChI=1S/C19H26N2O2/c22-14-18-10-5-11-21(18)13-17-9-4-3-8-16(17)12-20-19(23)15-6-1-2-7-15/h3-4,6,8-9,18,22H,1-2,5,7,10-14H2,(H,20,23)/t18-/m0/s1. The van der Waals surface area contributed by atoms with Gasteiger partial charge in [0.2, 0.25) is 5.91 Å². The quantitative estimate of drug-likeness (QED) is 0.847. The molecule has 1 aromatic carbocycles. The van der Waals surface area contributed by atoms with Gasteiger partial charge in [0.05, 0.1) is 6.61 Å². The normalized spacial score (nSPS) is 21.4. The van der Waals surface area contributed by atoms with E-state index in [0.29, 0.717) is 6.54 Å². The van der Waals surface area contributed by atoms with Crippen LogP contribution in [0, 0.1) is 0 Å². The van der Waals surface area contributed by atoms with Crippen molar-refractivity contribution in [3.05, 3.63) is 47.0 Å². The number of carbonyl (C=O) groups is 1. The molecular formula is C19H26N2O2. The molecule has 23 heavy (non-hydrogen) atoms. The van der Waals surface area contributed by atoms with Crippen LogP contribution >= 0.6 is 0 Å². The van der Waals surface area contributed by atoms with Crippen LogP contribution in [-0.4, -0.2) is 35.1 Å². The number of hydrogen-bond acceptors (Lipinski definition) is 3. The van der Waals surface area contributed by atoms with Crippen LogP contribution in [0.25, 0.3) is 0 Å². The van der Waals surface area contributed by atoms with Crippen molar-refractivity contribution in [1.82, 2.24) is 10.2 Å². The molecule has 1 saturated heterocycles. The fraction of sp³-hybridized carbons (Fsp3) is 0.526. The zero-order chi connectivity index (χ0) is 16.1. The lowest BCUT2D eigenvalue weighted by Gasteiger charge is -2.24. The minimum absolute atomic E-state index is 0.0757. The zero-order valence-electron chi connectivity index (χ0n) is 13.6. The molecule has 2 N–H and O–H groups in total. The van der Waals surface area contributed by atoms with E-state index in [1.54, 1.807) is 0 Å². The van der Waals surface area contributed by atoms with E-state index in [2.05, 4.69) is 28.4 Å². The van der Waals surface area contributed by atoms with Crippen LogP contribution in [0.1, 0.15) is 43.2 Å². The highest BCUT2D eigenvalue weighted by Crippen LogP contribution is 2.22. The summed E-state index contributed by atoms with van der Waals surface area (Å²) in [5.74, 6) is 0.0757. The van der Waals surface area contributed by atoms with Crippen molar-refractivity contribution in [2.24, 2.45) is 0 Å². The van der Waals surface area contributed by atoms with Gasteiger partial charge >= 0.3 is 0 Å². The summed E-state index contributed by atoms with van der Waals surface area (Å²) in [6, 6.07) is 8.56. The van der Waals surface area contributed by atoms with Crippen LogP contribution in [0.15, 0.2) is 35.9 Å². The van der Waals surface area contributed by atoms with Crippen LogP contribution in [-0.2, 0) is 17.9 Å². The number of rotatable bonds is 6. The Hall–Kier alpha value is -1.65. The van der Waals surface area contributed by atoms with Gasteiger partial charge in [-0.1, -0.05) is 30.3 Å². The van der Waals surface area contributed by atoms with Crippen molar-refractivity contribution < 1.29 is 9.90 Å². The third-order valence-corrected chi connectivity index (χ3v) is 4.97. The first-order valence-corrected chi connectivity index (χ1v) is 8.67. The molecule has 0 spiro atoms. The monoisotopic (exact) mass is 314 g/mol. The SMILES string of the molecule is O=C(NCc1ccccc1CN1CCC[C@H]1CO)C1=CCCC1. The number of nitrogens with one attached hydrogen (secondary N) is 1. The summed E-state index contributed by atoms with van der Waals surface area (Å²) in [4.78, 5) is 14.5. The molecular weight excluding hydrogens is 288 g/mol. The number of carbonyl (C=O) groups excluding carboxylic acids is 1. The summed E-state index contributed by atoms with van der Waals surface area (Å²) in [5, 5.41) is 12.5. The van der Waals surface area contributed by atoms with Gasteiger partial charge in [0, 0.05) is 24.7 Å². The van der Waals surface area contributed by atoms with Gasteiger partial charge in [-0.05, 0) is 49.8 Å². The molecule has 4 nitrogen and oxygen atoms in total. The molecule has 3 rings (SSSR count). The average Bonchev–Trinajstić information content (AvgIpc) is 3.25. The van der Waals surface area contributed by atoms with E-state index in [1.807, 2.05) is 12.1 Å². The van der Waals surface area contributed by atoms with Gasteiger partial charge in [-0.25, -0.2) is 0 Å². The first kappa shape index (κ1) is 16.2. The van der Waals surface area contributed by atoms with Gasteiger partial charge in [-0.15, -0.1) is 0 Å². The lowest BCUT2D eigenvalue weighted by molar-refractivity contribution is -0.117. The Morgan fingerprint density at radius 2 is 2.09 bits per heavy atom.